The molecule has 10 heteroatoms. The molecule has 0 radical (unpaired) electrons. The number of nitrogens with one attached hydrogen (secondary N) is 1. The number of likely N-dealkylation sites (tertiary alicyclic amines) is 2. The molecule has 164 valence electrons. The Morgan fingerprint density at radius 1 is 1.10 bits per heavy atom. The Kier molecular flexibility index (Phi) is 8.72. The molecule has 2 aliphatic rings. The number of piperidine rings is 2. The number of carboxylic acids is 2. The van der Waals surface area contributed by atoms with Gasteiger partial charge < -0.3 is 24.8 Å². The van der Waals surface area contributed by atoms with Gasteiger partial charge in [-0.25, -0.2) is 4.79 Å². The van der Waals surface area contributed by atoms with Crippen LogP contribution in [-0.2, 0) is 20.9 Å². The number of carbonyl (C=O) groups is 3. The quantitative estimate of drug-likeness (QED) is 0.369. The molecule has 2 heterocycles. The third-order valence-electron chi connectivity index (χ3n) is 5.41. The standard InChI is InChI=1S/C18H25N3O3.C2H2O4/c22-18(20-11-2-1-3-12-20)16-5-4-10-19(14-16)13-15-6-8-17(9-7-15)21(23)24;3-1(4)2(5)6/h6-9,16H,1-5,10-14H2;(H,3,4)(H,5,6). The lowest BCUT2D eigenvalue weighted by molar-refractivity contribution is -0.921. The van der Waals surface area contributed by atoms with Crippen molar-refractivity contribution in [2.24, 2.45) is 5.92 Å². The zero-order valence-electron chi connectivity index (χ0n) is 16.7. The van der Waals surface area contributed by atoms with E-state index in [9.17, 15) is 14.9 Å². The number of amides is 1. The first kappa shape index (κ1) is 23.3. The minimum atomic E-state index is -2.07. The molecule has 0 saturated carbocycles. The molecule has 2 saturated heterocycles. The Labute approximate surface area is 174 Å². The summed E-state index contributed by atoms with van der Waals surface area (Å²) < 4.78 is 0. The first-order valence-electron chi connectivity index (χ1n) is 10.1. The zero-order chi connectivity index (χ0) is 22.1. The summed E-state index contributed by atoms with van der Waals surface area (Å²) in [7, 11) is 0. The first-order chi connectivity index (χ1) is 14.3. The summed E-state index contributed by atoms with van der Waals surface area (Å²) in [6.07, 6.45) is 5.59. The first-order valence-corrected chi connectivity index (χ1v) is 10.1. The lowest BCUT2D eigenvalue weighted by atomic mass is 9.95. The van der Waals surface area contributed by atoms with Crippen molar-refractivity contribution in [2.45, 2.75) is 38.6 Å². The van der Waals surface area contributed by atoms with Crippen LogP contribution in [0.3, 0.4) is 0 Å². The van der Waals surface area contributed by atoms with Gasteiger partial charge in [-0.2, -0.15) is 0 Å². The van der Waals surface area contributed by atoms with Crippen LogP contribution in [0, 0.1) is 16.0 Å². The predicted octanol–water partition coefficient (Wildman–Crippen LogP) is -0.777. The van der Waals surface area contributed by atoms with E-state index in [1.54, 1.807) is 12.1 Å². The summed E-state index contributed by atoms with van der Waals surface area (Å²) in [4.78, 5) is 44.6. The molecule has 2 aliphatic heterocycles. The average molecular weight is 421 g/mol. The highest BCUT2D eigenvalue weighted by Gasteiger charge is 2.32. The highest BCUT2D eigenvalue weighted by molar-refractivity contribution is 6.26. The van der Waals surface area contributed by atoms with Gasteiger partial charge in [0.05, 0.1) is 23.9 Å². The van der Waals surface area contributed by atoms with Gasteiger partial charge in [0.2, 0.25) is 5.91 Å². The highest BCUT2D eigenvalue weighted by atomic mass is 16.6. The molecule has 0 bridgehead atoms. The van der Waals surface area contributed by atoms with Gasteiger partial charge in [0.1, 0.15) is 6.54 Å². The van der Waals surface area contributed by atoms with Gasteiger partial charge in [0.25, 0.3) is 5.69 Å². The number of hydrogen-bond acceptors (Lipinski definition) is 6. The fourth-order valence-corrected chi connectivity index (χ4v) is 3.92. The van der Waals surface area contributed by atoms with Gasteiger partial charge in [-0.1, -0.05) is 0 Å². The maximum absolute atomic E-state index is 12.7. The van der Waals surface area contributed by atoms with E-state index >= 15 is 0 Å². The monoisotopic (exact) mass is 421 g/mol. The third-order valence-corrected chi connectivity index (χ3v) is 5.41. The topological polar surface area (TPSA) is 145 Å². The number of nitro benzene ring substituents is 1. The fourth-order valence-electron chi connectivity index (χ4n) is 3.92. The van der Waals surface area contributed by atoms with E-state index in [1.807, 2.05) is 12.1 Å². The summed E-state index contributed by atoms with van der Waals surface area (Å²) in [5.74, 6) is -3.52. The number of hydrogen-bond donors (Lipinski definition) is 2. The number of carboxylic acid groups (broad SMARTS) is 2. The zero-order valence-corrected chi connectivity index (χ0v) is 16.7. The van der Waals surface area contributed by atoms with Crippen LogP contribution in [0.4, 0.5) is 5.69 Å². The smallest absolute Gasteiger partial charge is 0.351 e. The lowest BCUT2D eigenvalue weighted by Crippen LogP contribution is -3.12. The summed E-state index contributed by atoms with van der Waals surface area (Å²) in [5.41, 5.74) is 1.23. The normalized spacial score (nSPS) is 21.1. The predicted molar refractivity (Wildman–Crippen MR) is 103 cm³/mol. The van der Waals surface area contributed by atoms with Crippen molar-refractivity contribution in [1.29, 1.82) is 0 Å². The SMILES string of the molecule is O=C(C1CCC[NH+](Cc2ccc([N+](=O)[O-])cc2)C1)N1CCCCC1.O=C([O-])C(=O)O. The Morgan fingerprint density at radius 3 is 2.23 bits per heavy atom. The van der Waals surface area contributed by atoms with Crippen LogP contribution in [0.5, 0.6) is 0 Å². The van der Waals surface area contributed by atoms with Crippen LogP contribution in [0.2, 0.25) is 0 Å². The van der Waals surface area contributed by atoms with Crippen LogP contribution >= 0.6 is 0 Å². The van der Waals surface area contributed by atoms with Gasteiger partial charge in [0, 0.05) is 30.8 Å². The van der Waals surface area contributed by atoms with Crippen molar-refractivity contribution in [1.82, 2.24) is 4.90 Å². The molecule has 30 heavy (non-hydrogen) atoms. The molecule has 1 aromatic rings. The molecular formula is C20H27N3O7. The Morgan fingerprint density at radius 2 is 1.70 bits per heavy atom. The van der Waals surface area contributed by atoms with Crippen molar-refractivity contribution >= 4 is 23.5 Å². The number of quaternary nitrogens is 1. The number of non-ortho nitro benzene ring substituents is 1. The summed E-state index contributed by atoms with van der Waals surface area (Å²) in [5, 5.41) is 27.0. The highest BCUT2D eigenvalue weighted by Crippen LogP contribution is 2.17. The van der Waals surface area contributed by atoms with E-state index in [0.29, 0.717) is 5.91 Å². The maximum Gasteiger partial charge on any atom is 0.351 e. The second kappa shape index (κ2) is 11.2. The number of aliphatic carboxylic acids is 2. The summed E-state index contributed by atoms with van der Waals surface area (Å²) in [6.45, 7) is 4.63. The van der Waals surface area contributed by atoms with E-state index in [1.165, 1.54) is 11.3 Å². The number of nitro groups is 1. The second-order valence-electron chi connectivity index (χ2n) is 7.62. The van der Waals surface area contributed by atoms with E-state index < -0.39 is 11.9 Å². The molecule has 1 amide bonds. The molecule has 2 unspecified atom stereocenters. The van der Waals surface area contributed by atoms with Crippen molar-refractivity contribution in [2.75, 3.05) is 26.2 Å². The van der Waals surface area contributed by atoms with E-state index in [-0.39, 0.29) is 16.5 Å². The molecule has 2 fully saturated rings. The van der Waals surface area contributed by atoms with Crippen LogP contribution in [0.1, 0.15) is 37.7 Å². The lowest BCUT2D eigenvalue weighted by Gasteiger charge is -2.34. The fraction of sp³-hybridized carbons (Fsp3) is 0.550. The molecule has 0 spiro atoms. The molecular weight excluding hydrogens is 394 g/mol. The van der Waals surface area contributed by atoms with Crippen molar-refractivity contribution in [3.8, 4) is 0 Å². The van der Waals surface area contributed by atoms with Crippen LogP contribution in [0.15, 0.2) is 24.3 Å². The average Bonchev–Trinajstić information content (AvgIpc) is 2.75. The van der Waals surface area contributed by atoms with Crippen molar-refractivity contribution < 1.29 is 34.4 Å². The van der Waals surface area contributed by atoms with Gasteiger partial charge >= 0.3 is 5.97 Å². The van der Waals surface area contributed by atoms with Crippen molar-refractivity contribution in [3.63, 3.8) is 0 Å². The van der Waals surface area contributed by atoms with Gasteiger partial charge in [-0.15, -0.1) is 0 Å². The van der Waals surface area contributed by atoms with Crippen LogP contribution in [-0.4, -0.2) is 59.0 Å². The Balaban J connectivity index is 0.000000469. The summed E-state index contributed by atoms with van der Waals surface area (Å²) in [6, 6.07) is 6.80. The van der Waals surface area contributed by atoms with E-state index in [2.05, 4.69) is 4.90 Å². The van der Waals surface area contributed by atoms with Gasteiger partial charge in [-0.05, 0) is 44.2 Å². The van der Waals surface area contributed by atoms with Gasteiger partial charge in [-0.3, -0.25) is 14.9 Å². The Hall–Kier alpha value is -3.01. The van der Waals surface area contributed by atoms with Crippen LogP contribution < -0.4 is 10.0 Å². The van der Waals surface area contributed by atoms with E-state index in [4.69, 9.17) is 19.8 Å². The number of benzene rings is 1. The molecule has 0 aliphatic carbocycles. The van der Waals surface area contributed by atoms with Crippen molar-refractivity contribution in [3.05, 3.63) is 39.9 Å². The molecule has 10 nitrogen and oxygen atoms in total. The molecule has 2 atom stereocenters. The number of carbonyl (C=O) groups excluding carboxylic acids is 2. The van der Waals surface area contributed by atoms with Crippen LogP contribution in [0.25, 0.3) is 0 Å². The number of nitrogens with zero attached hydrogens (tertiary/aromatic N) is 2. The van der Waals surface area contributed by atoms with Gasteiger partial charge in [0.15, 0.2) is 5.97 Å². The maximum atomic E-state index is 12.7. The molecule has 2 N–H and O–H groups in total. The number of rotatable bonds is 4. The molecule has 3 rings (SSSR count). The largest absolute Gasteiger partial charge is 0.539 e. The minimum absolute atomic E-state index is 0.130. The second-order valence-corrected chi connectivity index (χ2v) is 7.62. The molecule has 1 aromatic carbocycles. The van der Waals surface area contributed by atoms with E-state index in [0.717, 1.165) is 64.0 Å². The summed E-state index contributed by atoms with van der Waals surface area (Å²) >= 11 is 0. The Bertz CT molecular complexity index is 748. The third kappa shape index (κ3) is 7.11. The minimum Gasteiger partial charge on any atom is -0.539 e. The molecule has 0 aromatic heterocycles.